The van der Waals surface area contributed by atoms with Crippen molar-refractivity contribution in [1.29, 1.82) is 0 Å². The van der Waals surface area contributed by atoms with Gasteiger partial charge in [-0.2, -0.15) is 0 Å². The molecule has 1 aliphatic rings. The molecule has 1 atom stereocenters. The second-order valence-electron chi connectivity index (χ2n) is 5.86. The molecule has 0 spiro atoms. The van der Waals surface area contributed by atoms with Crippen molar-refractivity contribution >= 4 is 23.1 Å². The highest BCUT2D eigenvalue weighted by molar-refractivity contribution is 6.30. The lowest BCUT2D eigenvalue weighted by atomic mass is 10.1. The number of ether oxygens (including phenoxy) is 1. The Morgan fingerprint density at radius 2 is 2.21 bits per heavy atom. The standard InChI is InChI=1S/C17H17ClN4O2/c18-11-5-6-13(15(23)9-11)16-14-4-1-7-22(14)17(21-20-16)19-12-3-2-8-24-10-12/h1,4-7,9,12,23H,2-3,8,10H2,(H,19,21). The number of phenolic OH excluding ortho intramolecular Hbond substituents is 1. The first kappa shape index (κ1) is 15.2. The van der Waals surface area contributed by atoms with Crippen molar-refractivity contribution in [3.63, 3.8) is 0 Å². The Morgan fingerprint density at radius 1 is 1.29 bits per heavy atom. The summed E-state index contributed by atoms with van der Waals surface area (Å²) in [6, 6.07) is 9.08. The van der Waals surface area contributed by atoms with E-state index in [1.165, 1.54) is 6.07 Å². The Balaban J connectivity index is 1.74. The molecule has 4 rings (SSSR count). The molecule has 0 aliphatic carbocycles. The van der Waals surface area contributed by atoms with E-state index in [9.17, 15) is 5.11 Å². The number of aromatic hydroxyl groups is 1. The lowest BCUT2D eigenvalue weighted by Gasteiger charge is -2.23. The maximum atomic E-state index is 10.2. The Kier molecular flexibility index (Phi) is 4.00. The van der Waals surface area contributed by atoms with Gasteiger partial charge in [-0.05, 0) is 43.2 Å². The molecule has 3 aromatic rings. The number of aromatic nitrogens is 3. The maximum Gasteiger partial charge on any atom is 0.228 e. The van der Waals surface area contributed by atoms with Crippen molar-refractivity contribution in [2.75, 3.05) is 18.5 Å². The van der Waals surface area contributed by atoms with Crippen LogP contribution in [0.3, 0.4) is 0 Å². The van der Waals surface area contributed by atoms with Crippen LogP contribution in [-0.2, 0) is 4.74 Å². The number of halogens is 1. The molecule has 2 N–H and O–H groups in total. The first-order chi connectivity index (χ1) is 11.7. The zero-order valence-corrected chi connectivity index (χ0v) is 13.7. The summed E-state index contributed by atoms with van der Waals surface area (Å²) in [6.45, 7) is 1.49. The number of benzene rings is 1. The summed E-state index contributed by atoms with van der Waals surface area (Å²) < 4.78 is 7.44. The Morgan fingerprint density at radius 3 is 3.00 bits per heavy atom. The summed E-state index contributed by atoms with van der Waals surface area (Å²) in [5.41, 5.74) is 2.07. The lowest BCUT2D eigenvalue weighted by Crippen LogP contribution is -2.31. The van der Waals surface area contributed by atoms with Crippen LogP contribution in [0.1, 0.15) is 12.8 Å². The third kappa shape index (κ3) is 2.79. The number of phenols is 1. The molecule has 3 heterocycles. The normalized spacial score (nSPS) is 18.0. The number of fused-ring (bicyclic) bond motifs is 1. The monoisotopic (exact) mass is 344 g/mol. The number of anilines is 1. The summed E-state index contributed by atoms with van der Waals surface area (Å²) in [4.78, 5) is 0. The van der Waals surface area contributed by atoms with Crippen molar-refractivity contribution in [3.05, 3.63) is 41.6 Å². The smallest absolute Gasteiger partial charge is 0.228 e. The molecule has 1 aliphatic heterocycles. The average molecular weight is 345 g/mol. The van der Waals surface area contributed by atoms with Crippen molar-refractivity contribution in [3.8, 4) is 17.0 Å². The third-order valence-electron chi connectivity index (χ3n) is 4.17. The highest BCUT2D eigenvalue weighted by Gasteiger charge is 2.18. The van der Waals surface area contributed by atoms with Gasteiger partial charge in [0, 0.05) is 23.4 Å². The molecule has 24 heavy (non-hydrogen) atoms. The van der Waals surface area contributed by atoms with E-state index < -0.39 is 0 Å². The molecule has 1 fully saturated rings. The molecular formula is C17H17ClN4O2. The first-order valence-corrected chi connectivity index (χ1v) is 8.27. The highest BCUT2D eigenvalue weighted by atomic mass is 35.5. The van der Waals surface area contributed by atoms with Crippen LogP contribution in [-0.4, -0.2) is 39.0 Å². The number of hydrogen-bond acceptors (Lipinski definition) is 5. The maximum absolute atomic E-state index is 10.2. The van der Waals surface area contributed by atoms with Crippen LogP contribution in [0.15, 0.2) is 36.5 Å². The van der Waals surface area contributed by atoms with Gasteiger partial charge in [-0.1, -0.05) is 11.6 Å². The van der Waals surface area contributed by atoms with Crippen molar-refractivity contribution in [2.45, 2.75) is 18.9 Å². The van der Waals surface area contributed by atoms with Crippen LogP contribution in [0.5, 0.6) is 5.75 Å². The quantitative estimate of drug-likeness (QED) is 0.762. The van der Waals surface area contributed by atoms with Crippen LogP contribution >= 0.6 is 11.6 Å². The van der Waals surface area contributed by atoms with E-state index in [0.717, 1.165) is 25.0 Å². The minimum absolute atomic E-state index is 0.0845. The van der Waals surface area contributed by atoms with E-state index in [1.807, 2.05) is 22.7 Å². The minimum atomic E-state index is 0.0845. The number of nitrogens with zero attached hydrogens (tertiary/aromatic N) is 3. The minimum Gasteiger partial charge on any atom is -0.507 e. The van der Waals surface area contributed by atoms with Gasteiger partial charge in [0.15, 0.2) is 0 Å². The van der Waals surface area contributed by atoms with E-state index in [2.05, 4.69) is 15.5 Å². The van der Waals surface area contributed by atoms with Crippen LogP contribution < -0.4 is 5.32 Å². The van der Waals surface area contributed by atoms with Crippen LogP contribution in [0.4, 0.5) is 5.95 Å². The summed E-state index contributed by atoms with van der Waals surface area (Å²) >= 11 is 5.91. The van der Waals surface area contributed by atoms with Gasteiger partial charge in [-0.15, -0.1) is 10.2 Å². The fraction of sp³-hybridized carbons (Fsp3) is 0.294. The SMILES string of the molecule is Oc1cc(Cl)ccc1-c1nnc(NC2CCCOC2)n2cccc12. The van der Waals surface area contributed by atoms with Gasteiger partial charge in [-0.3, -0.25) is 4.40 Å². The molecule has 0 radical (unpaired) electrons. The molecule has 124 valence electrons. The Labute approximate surface area is 144 Å². The van der Waals surface area contributed by atoms with Gasteiger partial charge in [0.1, 0.15) is 11.4 Å². The van der Waals surface area contributed by atoms with Crippen LogP contribution in [0, 0.1) is 0 Å². The second kappa shape index (κ2) is 6.30. The first-order valence-electron chi connectivity index (χ1n) is 7.89. The topological polar surface area (TPSA) is 71.7 Å². The fourth-order valence-corrected chi connectivity index (χ4v) is 3.15. The van der Waals surface area contributed by atoms with Gasteiger partial charge in [-0.25, -0.2) is 0 Å². The fourth-order valence-electron chi connectivity index (χ4n) is 2.99. The predicted octanol–water partition coefficient (Wildman–Crippen LogP) is 3.35. The third-order valence-corrected chi connectivity index (χ3v) is 4.41. The summed E-state index contributed by atoms with van der Waals surface area (Å²) in [5.74, 6) is 0.754. The zero-order valence-electron chi connectivity index (χ0n) is 12.9. The highest BCUT2D eigenvalue weighted by Crippen LogP contribution is 2.33. The molecule has 0 saturated carbocycles. The average Bonchev–Trinajstić information content (AvgIpc) is 3.07. The van der Waals surface area contributed by atoms with E-state index in [0.29, 0.717) is 28.8 Å². The number of hydrogen-bond donors (Lipinski definition) is 2. The molecule has 7 heteroatoms. The summed E-state index contributed by atoms with van der Waals surface area (Å²) in [6.07, 6.45) is 4.01. The van der Waals surface area contributed by atoms with E-state index in [4.69, 9.17) is 16.3 Å². The molecule has 1 aromatic carbocycles. The van der Waals surface area contributed by atoms with Crippen LogP contribution in [0.2, 0.25) is 5.02 Å². The van der Waals surface area contributed by atoms with Gasteiger partial charge < -0.3 is 15.2 Å². The zero-order chi connectivity index (χ0) is 16.5. The van der Waals surface area contributed by atoms with Gasteiger partial charge in [0.25, 0.3) is 0 Å². The van der Waals surface area contributed by atoms with E-state index >= 15 is 0 Å². The second-order valence-corrected chi connectivity index (χ2v) is 6.29. The molecule has 1 saturated heterocycles. The number of rotatable bonds is 3. The molecule has 6 nitrogen and oxygen atoms in total. The molecule has 0 bridgehead atoms. The van der Waals surface area contributed by atoms with Gasteiger partial charge in [0.05, 0.1) is 18.2 Å². The summed E-state index contributed by atoms with van der Waals surface area (Å²) in [7, 11) is 0. The number of nitrogens with one attached hydrogen (secondary N) is 1. The Hall–Kier alpha value is -2.31. The summed E-state index contributed by atoms with van der Waals surface area (Å²) in [5, 5.41) is 22.7. The van der Waals surface area contributed by atoms with Crippen molar-refractivity contribution < 1.29 is 9.84 Å². The van der Waals surface area contributed by atoms with E-state index in [-0.39, 0.29) is 11.8 Å². The largest absolute Gasteiger partial charge is 0.507 e. The Bertz CT molecular complexity index is 874. The van der Waals surface area contributed by atoms with Gasteiger partial charge in [0.2, 0.25) is 5.95 Å². The molecule has 1 unspecified atom stereocenters. The van der Waals surface area contributed by atoms with Crippen molar-refractivity contribution in [1.82, 2.24) is 14.6 Å². The van der Waals surface area contributed by atoms with Crippen LogP contribution in [0.25, 0.3) is 16.8 Å². The van der Waals surface area contributed by atoms with Gasteiger partial charge >= 0.3 is 0 Å². The molecule has 2 aromatic heterocycles. The predicted molar refractivity (Wildman–Crippen MR) is 92.6 cm³/mol. The van der Waals surface area contributed by atoms with Crippen molar-refractivity contribution in [2.24, 2.45) is 0 Å². The van der Waals surface area contributed by atoms with E-state index in [1.54, 1.807) is 12.1 Å². The molecular weight excluding hydrogens is 328 g/mol. The molecule has 0 amide bonds. The lowest BCUT2D eigenvalue weighted by molar-refractivity contribution is 0.0873.